The lowest BCUT2D eigenvalue weighted by Gasteiger charge is -2.01. The number of aromatic nitrogens is 3. The highest BCUT2D eigenvalue weighted by Crippen LogP contribution is 2.22. The molecule has 0 aliphatic carbocycles. The van der Waals surface area contributed by atoms with Crippen molar-refractivity contribution in [1.29, 1.82) is 0 Å². The van der Waals surface area contributed by atoms with E-state index in [4.69, 9.17) is 10.2 Å². The smallest absolute Gasteiger partial charge is 0.408 e. The summed E-state index contributed by atoms with van der Waals surface area (Å²) in [6, 6.07) is 5.21. The van der Waals surface area contributed by atoms with Gasteiger partial charge in [-0.25, -0.2) is 4.79 Å². The predicted octanol–water partition coefficient (Wildman–Crippen LogP) is 0.306. The van der Waals surface area contributed by atoms with Crippen molar-refractivity contribution < 1.29 is 4.42 Å². The topological polar surface area (TPSA) is 121 Å². The maximum atomic E-state index is 11.7. The number of aromatic amines is 3. The van der Waals surface area contributed by atoms with E-state index >= 15 is 0 Å². The summed E-state index contributed by atoms with van der Waals surface area (Å²) >= 11 is 0. The Morgan fingerprint density at radius 1 is 1.21 bits per heavy atom. The summed E-state index contributed by atoms with van der Waals surface area (Å²) in [6.07, 6.45) is 0.480. The molecular formula is C12H12N4O3. The number of fused-ring (bicyclic) bond motifs is 1. The van der Waals surface area contributed by atoms with E-state index in [1.807, 2.05) is 0 Å². The van der Waals surface area contributed by atoms with Crippen molar-refractivity contribution in [3.05, 3.63) is 44.7 Å². The predicted molar refractivity (Wildman–Crippen MR) is 70.0 cm³/mol. The van der Waals surface area contributed by atoms with Crippen LogP contribution in [0.5, 0.6) is 0 Å². The Labute approximate surface area is 106 Å². The summed E-state index contributed by atoms with van der Waals surface area (Å²) in [5, 5.41) is 5.37. The fourth-order valence-corrected chi connectivity index (χ4v) is 2.12. The van der Waals surface area contributed by atoms with Crippen LogP contribution in [0.25, 0.3) is 22.4 Å². The molecule has 3 rings (SSSR count). The quantitative estimate of drug-likeness (QED) is 0.541. The zero-order valence-corrected chi connectivity index (χ0v) is 9.95. The van der Waals surface area contributed by atoms with Gasteiger partial charge in [0, 0.05) is 11.1 Å². The minimum absolute atomic E-state index is 0.179. The monoisotopic (exact) mass is 260 g/mol. The number of nitrogens with two attached hydrogens (primary N) is 1. The van der Waals surface area contributed by atoms with Crippen LogP contribution in [0.15, 0.2) is 32.2 Å². The molecule has 0 bridgehead atoms. The third-order valence-corrected chi connectivity index (χ3v) is 2.98. The van der Waals surface area contributed by atoms with E-state index in [1.54, 1.807) is 18.2 Å². The Balaban J connectivity index is 2.18. The fraction of sp³-hybridized carbons (Fsp3) is 0.167. The molecule has 3 aromatic rings. The molecule has 0 atom stereocenters. The van der Waals surface area contributed by atoms with Gasteiger partial charge in [-0.3, -0.25) is 20.0 Å². The fourth-order valence-electron chi connectivity index (χ4n) is 2.12. The molecule has 2 aromatic heterocycles. The third kappa shape index (κ3) is 1.89. The van der Waals surface area contributed by atoms with Crippen LogP contribution in [0, 0.1) is 0 Å². The first-order valence-corrected chi connectivity index (χ1v) is 5.82. The van der Waals surface area contributed by atoms with Crippen LogP contribution in [0.3, 0.4) is 0 Å². The average molecular weight is 260 g/mol. The molecule has 0 radical (unpaired) electrons. The van der Waals surface area contributed by atoms with Gasteiger partial charge in [0.25, 0.3) is 5.56 Å². The third-order valence-electron chi connectivity index (χ3n) is 2.98. The van der Waals surface area contributed by atoms with Gasteiger partial charge < -0.3 is 10.2 Å². The molecule has 0 saturated carbocycles. The minimum atomic E-state index is -0.503. The van der Waals surface area contributed by atoms with Gasteiger partial charge in [-0.2, -0.15) is 0 Å². The molecule has 7 heteroatoms. The van der Waals surface area contributed by atoms with E-state index in [9.17, 15) is 9.59 Å². The number of H-pyrrole nitrogens is 3. The molecule has 0 aliphatic rings. The van der Waals surface area contributed by atoms with Gasteiger partial charge in [0.1, 0.15) is 0 Å². The zero-order valence-electron chi connectivity index (χ0n) is 9.95. The zero-order chi connectivity index (χ0) is 13.4. The van der Waals surface area contributed by atoms with Crippen molar-refractivity contribution in [3.63, 3.8) is 0 Å². The number of nitrogens with one attached hydrogen (secondary N) is 3. The molecule has 5 N–H and O–H groups in total. The Bertz CT molecular complexity index is 836. The molecule has 0 spiro atoms. The molecular weight excluding hydrogens is 248 g/mol. The van der Waals surface area contributed by atoms with Gasteiger partial charge in [-0.1, -0.05) is 0 Å². The first-order valence-electron chi connectivity index (χ1n) is 5.82. The van der Waals surface area contributed by atoms with E-state index in [1.165, 1.54) is 0 Å². The van der Waals surface area contributed by atoms with E-state index in [-0.39, 0.29) is 5.56 Å². The van der Waals surface area contributed by atoms with Crippen molar-refractivity contribution in [2.24, 2.45) is 5.73 Å². The summed E-state index contributed by atoms with van der Waals surface area (Å²) in [5.41, 5.74) is 8.45. The second-order valence-electron chi connectivity index (χ2n) is 4.20. The average Bonchev–Trinajstić information content (AvgIpc) is 2.92. The number of hydrogen-bond acceptors (Lipinski definition) is 4. The largest absolute Gasteiger partial charge is 0.417 e. The molecule has 1 aromatic carbocycles. The second kappa shape index (κ2) is 4.29. The summed E-state index contributed by atoms with van der Waals surface area (Å²) in [5.74, 6) is -0.503. The molecule has 0 fully saturated rings. The Morgan fingerprint density at radius 2 is 2.05 bits per heavy atom. The highest BCUT2D eigenvalue weighted by Gasteiger charge is 2.12. The highest BCUT2D eigenvalue weighted by molar-refractivity contribution is 5.79. The SMILES string of the molecule is NCCc1c(-c2ccc3oc(=O)[nH]c3c2)[nH][nH]c1=O. The standard InChI is InChI=1S/C12H12N4O3/c13-4-3-7-10(15-16-11(7)17)6-1-2-9-8(5-6)14-12(18)19-9/h1-2,5H,3-4,13H2,(H,14,18)(H2,15,16,17). The Morgan fingerprint density at radius 3 is 2.84 bits per heavy atom. The van der Waals surface area contributed by atoms with Gasteiger partial charge in [0.15, 0.2) is 5.58 Å². The summed E-state index contributed by atoms with van der Waals surface area (Å²) in [7, 11) is 0. The number of rotatable bonds is 3. The van der Waals surface area contributed by atoms with Gasteiger partial charge in [-0.05, 0) is 31.2 Å². The molecule has 2 heterocycles. The van der Waals surface area contributed by atoms with Crippen molar-refractivity contribution in [1.82, 2.24) is 15.2 Å². The van der Waals surface area contributed by atoms with E-state index in [0.717, 1.165) is 5.56 Å². The van der Waals surface area contributed by atoms with Crippen molar-refractivity contribution in [3.8, 4) is 11.3 Å². The molecule has 0 saturated heterocycles. The maximum absolute atomic E-state index is 11.7. The van der Waals surface area contributed by atoms with Crippen LogP contribution in [0.2, 0.25) is 0 Å². The molecule has 0 unspecified atom stereocenters. The summed E-state index contributed by atoms with van der Waals surface area (Å²) < 4.78 is 4.93. The van der Waals surface area contributed by atoms with Crippen molar-refractivity contribution in [2.75, 3.05) is 6.54 Å². The number of hydrogen-bond donors (Lipinski definition) is 4. The Kier molecular flexibility index (Phi) is 2.60. The lowest BCUT2D eigenvalue weighted by atomic mass is 10.1. The van der Waals surface area contributed by atoms with Gasteiger partial charge in [0.05, 0.1) is 11.2 Å². The first kappa shape index (κ1) is 11.5. The van der Waals surface area contributed by atoms with Crippen LogP contribution in [0.1, 0.15) is 5.56 Å². The number of benzene rings is 1. The summed E-state index contributed by atoms with van der Waals surface area (Å²) in [6.45, 7) is 0.388. The normalized spacial score (nSPS) is 11.2. The van der Waals surface area contributed by atoms with Crippen LogP contribution >= 0.6 is 0 Å². The van der Waals surface area contributed by atoms with Crippen LogP contribution in [-0.2, 0) is 6.42 Å². The maximum Gasteiger partial charge on any atom is 0.417 e. The number of oxazole rings is 1. The van der Waals surface area contributed by atoms with Crippen molar-refractivity contribution >= 4 is 11.1 Å². The Hall–Kier alpha value is -2.54. The molecule has 98 valence electrons. The molecule has 19 heavy (non-hydrogen) atoms. The van der Waals surface area contributed by atoms with Crippen LogP contribution in [0.4, 0.5) is 0 Å². The molecule has 0 aliphatic heterocycles. The van der Waals surface area contributed by atoms with E-state index in [0.29, 0.717) is 35.3 Å². The lowest BCUT2D eigenvalue weighted by molar-refractivity contribution is 0.555. The van der Waals surface area contributed by atoms with Gasteiger partial charge in [-0.15, -0.1) is 0 Å². The van der Waals surface area contributed by atoms with Gasteiger partial charge >= 0.3 is 5.76 Å². The molecule has 7 nitrogen and oxygen atoms in total. The molecule has 0 amide bonds. The van der Waals surface area contributed by atoms with Crippen LogP contribution < -0.4 is 17.0 Å². The summed E-state index contributed by atoms with van der Waals surface area (Å²) in [4.78, 5) is 25.3. The van der Waals surface area contributed by atoms with E-state index < -0.39 is 5.76 Å². The highest BCUT2D eigenvalue weighted by atomic mass is 16.4. The van der Waals surface area contributed by atoms with E-state index in [2.05, 4.69) is 15.2 Å². The second-order valence-corrected chi connectivity index (χ2v) is 4.20. The van der Waals surface area contributed by atoms with Gasteiger partial charge in [0.2, 0.25) is 0 Å². The van der Waals surface area contributed by atoms with Crippen LogP contribution in [-0.4, -0.2) is 21.7 Å². The lowest BCUT2D eigenvalue weighted by Crippen LogP contribution is -2.12. The first-order chi connectivity index (χ1) is 9.19. The minimum Gasteiger partial charge on any atom is -0.408 e. The van der Waals surface area contributed by atoms with Crippen molar-refractivity contribution in [2.45, 2.75) is 6.42 Å².